The fourth-order valence-corrected chi connectivity index (χ4v) is 3.64. The van der Waals surface area contributed by atoms with Crippen LogP contribution >= 0.6 is 0 Å². The summed E-state index contributed by atoms with van der Waals surface area (Å²) in [6.07, 6.45) is 1.94. The quantitative estimate of drug-likeness (QED) is 0.809. The monoisotopic (exact) mass is 381 g/mol. The van der Waals surface area contributed by atoms with E-state index in [0.717, 1.165) is 56.2 Å². The second-order valence-electron chi connectivity index (χ2n) is 7.12. The van der Waals surface area contributed by atoms with Gasteiger partial charge in [0.15, 0.2) is 11.5 Å². The zero-order valence-electron chi connectivity index (χ0n) is 16.1. The molecule has 6 heteroatoms. The van der Waals surface area contributed by atoms with Crippen LogP contribution in [0.15, 0.2) is 48.5 Å². The Kier molecular flexibility index (Phi) is 5.85. The summed E-state index contributed by atoms with van der Waals surface area (Å²) in [5.74, 6) is 1.62. The van der Waals surface area contributed by atoms with E-state index in [0.29, 0.717) is 19.8 Å². The van der Waals surface area contributed by atoms with Gasteiger partial charge in [-0.2, -0.15) is 0 Å². The van der Waals surface area contributed by atoms with Crippen molar-refractivity contribution in [3.8, 4) is 11.5 Å². The maximum Gasteiger partial charge on any atom is 0.317 e. The molecule has 0 radical (unpaired) electrons. The number of nitrogens with one attached hydrogen (secondary N) is 1. The van der Waals surface area contributed by atoms with Gasteiger partial charge in [-0.05, 0) is 30.5 Å². The van der Waals surface area contributed by atoms with Gasteiger partial charge in [-0.1, -0.05) is 30.3 Å². The van der Waals surface area contributed by atoms with Crippen molar-refractivity contribution in [1.82, 2.24) is 10.2 Å². The van der Waals surface area contributed by atoms with E-state index in [1.807, 2.05) is 23.1 Å². The lowest BCUT2D eigenvalue weighted by molar-refractivity contribution is 0.171. The van der Waals surface area contributed by atoms with Gasteiger partial charge in [0.05, 0.1) is 0 Å². The standard InChI is InChI=1S/C22H27N3O3/c26-22(23-10-4-7-18-5-2-1-3-6-18)25-13-11-24(12-14-25)19-8-9-20-21(17-19)28-16-15-27-20/h1-3,5-6,8-9,17H,4,7,10-16H2,(H,23,26). The first kappa shape index (κ1) is 18.5. The number of rotatable bonds is 5. The highest BCUT2D eigenvalue weighted by atomic mass is 16.6. The molecule has 148 valence electrons. The van der Waals surface area contributed by atoms with E-state index in [9.17, 15) is 4.79 Å². The third-order valence-corrected chi connectivity index (χ3v) is 5.22. The van der Waals surface area contributed by atoms with E-state index >= 15 is 0 Å². The lowest BCUT2D eigenvalue weighted by atomic mass is 10.1. The van der Waals surface area contributed by atoms with Crippen molar-refractivity contribution in [3.05, 3.63) is 54.1 Å². The van der Waals surface area contributed by atoms with E-state index in [-0.39, 0.29) is 6.03 Å². The Morgan fingerprint density at radius 3 is 2.46 bits per heavy atom. The Labute approximate surface area is 166 Å². The maximum absolute atomic E-state index is 12.4. The van der Waals surface area contributed by atoms with Crippen LogP contribution in [0.25, 0.3) is 0 Å². The molecule has 2 aliphatic heterocycles. The molecule has 6 nitrogen and oxygen atoms in total. The fourth-order valence-electron chi connectivity index (χ4n) is 3.64. The van der Waals surface area contributed by atoms with Crippen molar-refractivity contribution in [1.29, 1.82) is 0 Å². The first-order valence-corrected chi connectivity index (χ1v) is 10.0. The number of carbonyl (C=O) groups is 1. The molecule has 0 spiro atoms. The Morgan fingerprint density at radius 1 is 0.929 bits per heavy atom. The van der Waals surface area contributed by atoms with Crippen LogP contribution < -0.4 is 19.7 Å². The molecule has 0 aliphatic carbocycles. The highest BCUT2D eigenvalue weighted by Gasteiger charge is 2.22. The Balaban J connectivity index is 1.21. The summed E-state index contributed by atoms with van der Waals surface area (Å²) in [6.45, 7) is 4.97. The number of urea groups is 1. The lowest BCUT2D eigenvalue weighted by Crippen LogP contribution is -2.52. The van der Waals surface area contributed by atoms with Crippen molar-refractivity contribution in [2.24, 2.45) is 0 Å². The number of ether oxygens (including phenoxy) is 2. The molecule has 2 amide bonds. The number of piperazine rings is 1. The molecule has 2 aromatic rings. The van der Waals surface area contributed by atoms with Gasteiger partial charge in [-0.25, -0.2) is 4.79 Å². The number of hydrogen-bond donors (Lipinski definition) is 1. The van der Waals surface area contributed by atoms with E-state index < -0.39 is 0 Å². The van der Waals surface area contributed by atoms with Crippen LogP contribution in [0.3, 0.4) is 0 Å². The van der Waals surface area contributed by atoms with Crippen LogP contribution in [0.2, 0.25) is 0 Å². The maximum atomic E-state index is 12.4. The highest BCUT2D eigenvalue weighted by molar-refractivity contribution is 5.74. The lowest BCUT2D eigenvalue weighted by Gasteiger charge is -2.36. The van der Waals surface area contributed by atoms with Crippen molar-refractivity contribution in [3.63, 3.8) is 0 Å². The average molecular weight is 381 g/mol. The Morgan fingerprint density at radius 2 is 1.68 bits per heavy atom. The van der Waals surface area contributed by atoms with E-state index in [2.05, 4.69) is 40.5 Å². The largest absolute Gasteiger partial charge is 0.486 e. The number of amides is 2. The van der Waals surface area contributed by atoms with Crippen LogP contribution in [0.1, 0.15) is 12.0 Å². The van der Waals surface area contributed by atoms with E-state index in [1.165, 1.54) is 5.56 Å². The van der Waals surface area contributed by atoms with Gasteiger partial charge >= 0.3 is 6.03 Å². The molecule has 0 bridgehead atoms. The predicted octanol–water partition coefficient (Wildman–Crippen LogP) is 2.92. The van der Waals surface area contributed by atoms with Crippen LogP contribution in [0, 0.1) is 0 Å². The minimum atomic E-state index is 0.0369. The molecule has 1 saturated heterocycles. The third kappa shape index (κ3) is 4.50. The summed E-state index contributed by atoms with van der Waals surface area (Å²) in [6, 6.07) is 16.5. The summed E-state index contributed by atoms with van der Waals surface area (Å²) in [5.41, 5.74) is 2.43. The molecule has 2 heterocycles. The summed E-state index contributed by atoms with van der Waals surface area (Å²) in [5, 5.41) is 3.05. The molecule has 4 rings (SSSR count). The van der Waals surface area contributed by atoms with Crippen molar-refractivity contribution in [2.75, 3.05) is 50.8 Å². The molecular weight excluding hydrogens is 354 g/mol. The molecule has 28 heavy (non-hydrogen) atoms. The number of fused-ring (bicyclic) bond motifs is 1. The molecule has 2 aromatic carbocycles. The average Bonchev–Trinajstić information content (AvgIpc) is 2.77. The van der Waals surface area contributed by atoms with Gasteiger partial charge in [0.1, 0.15) is 13.2 Å². The van der Waals surface area contributed by atoms with Crippen molar-refractivity contribution >= 4 is 11.7 Å². The molecule has 0 atom stereocenters. The number of benzene rings is 2. The van der Waals surface area contributed by atoms with Gasteiger partial charge in [-0.3, -0.25) is 0 Å². The SMILES string of the molecule is O=C(NCCCc1ccccc1)N1CCN(c2ccc3c(c2)OCCO3)CC1. The summed E-state index contributed by atoms with van der Waals surface area (Å²) in [7, 11) is 0. The van der Waals surface area contributed by atoms with E-state index in [1.54, 1.807) is 0 Å². The van der Waals surface area contributed by atoms with Gasteiger partial charge in [-0.15, -0.1) is 0 Å². The second kappa shape index (κ2) is 8.87. The summed E-state index contributed by atoms with van der Waals surface area (Å²) >= 11 is 0. The Bertz CT molecular complexity index is 789. The van der Waals surface area contributed by atoms with Gasteiger partial charge in [0, 0.05) is 44.5 Å². The van der Waals surface area contributed by atoms with Crippen LogP contribution in [0.5, 0.6) is 11.5 Å². The van der Waals surface area contributed by atoms with Crippen LogP contribution in [-0.2, 0) is 6.42 Å². The molecule has 2 aliphatic rings. The number of anilines is 1. The van der Waals surface area contributed by atoms with E-state index in [4.69, 9.17) is 9.47 Å². The number of hydrogen-bond acceptors (Lipinski definition) is 4. The summed E-state index contributed by atoms with van der Waals surface area (Å²) < 4.78 is 11.3. The first-order valence-electron chi connectivity index (χ1n) is 10.0. The second-order valence-corrected chi connectivity index (χ2v) is 7.12. The zero-order valence-corrected chi connectivity index (χ0v) is 16.1. The predicted molar refractivity (Wildman–Crippen MR) is 109 cm³/mol. The topological polar surface area (TPSA) is 54.0 Å². The van der Waals surface area contributed by atoms with Crippen LogP contribution in [-0.4, -0.2) is 56.9 Å². The minimum Gasteiger partial charge on any atom is -0.486 e. The smallest absolute Gasteiger partial charge is 0.317 e. The first-order chi connectivity index (χ1) is 13.8. The van der Waals surface area contributed by atoms with Gasteiger partial charge in [0.2, 0.25) is 0 Å². The Hall–Kier alpha value is -2.89. The minimum absolute atomic E-state index is 0.0369. The van der Waals surface area contributed by atoms with Gasteiger partial charge in [0.25, 0.3) is 0 Å². The highest BCUT2D eigenvalue weighted by Crippen LogP contribution is 2.34. The molecule has 1 fully saturated rings. The third-order valence-electron chi connectivity index (χ3n) is 5.22. The fraction of sp³-hybridized carbons (Fsp3) is 0.409. The molecule has 1 N–H and O–H groups in total. The molecule has 0 saturated carbocycles. The molecular formula is C22H27N3O3. The molecule has 0 aromatic heterocycles. The van der Waals surface area contributed by atoms with Crippen LogP contribution in [0.4, 0.5) is 10.5 Å². The number of carbonyl (C=O) groups excluding carboxylic acids is 1. The number of aryl methyl sites for hydroxylation is 1. The zero-order chi connectivity index (χ0) is 19.2. The molecule has 0 unspecified atom stereocenters. The summed E-state index contributed by atoms with van der Waals surface area (Å²) in [4.78, 5) is 16.6. The van der Waals surface area contributed by atoms with Gasteiger partial charge < -0.3 is 24.6 Å². The normalized spacial score (nSPS) is 16.0. The van der Waals surface area contributed by atoms with Crippen molar-refractivity contribution in [2.45, 2.75) is 12.8 Å². The number of nitrogens with zero attached hydrogens (tertiary/aromatic N) is 2. The van der Waals surface area contributed by atoms with Crippen molar-refractivity contribution < 1.29 is 14.3 Å².